The van der Waals surface area contributed by atoms with Crippen LogP contribution in [-0.4, -0.2) is 18.3 Å². The molecule has 1 aromatic heterocycles. The average molecular weight is 364 g/mol. The first-order chi connectivity index (χ1) is 11.4. The minimum atomic E-state index is -3.94. The number of nitrogens with zero attached hydrogens (tertiary/aromatic N) is 2. The van der Waals surface area contributed by atoms with E-state index in [-0.39, 0.29) is 21.3 Å². The fourth-order valence-corrected chi connectivity index (χ4v) is 3.72. The number of pyridine rings is 1. The largest absolute Gasteiger partial charge is 0.289 e. The number of fused-ring (bicyclic) bond motifs is 1. The van der Waals surface area contributed by atoms with Crippen molar-refractivity contribution in [3.05, 3.63) is 70.0 Å². The number of hydrogen-bond acceptors (Lipinski definition) is 5. The number of aromatic nitrogens is 1. The average Bonchev–Trinajstić information content (AvgIpc) is 2.55. The second-order valence-corrected chi connectivity index (χ2v) is 6.94. The lowest BCUT2D eigenvalue weighted by molar-refractivity contribution is -0.384. The molecule has 2 aromatic carbocycles. The standard InChI is InChI=1S/C15H10ClN3O4S/c16-13-5-4-11(8-14(13)19(20)21)18-24(22,23)15-3-1-2-10-9-17-7-6-12(10)15/h1-9,18H. The van der Waals surface area contributed by atoms with Crippen LogP contribution in [0.4, 0.5) is 11.4 Å². The molecular formula is C15H10ClN3O4S. The number of hydrogen-bond donors (Lipinski definition) is 1. The molecule has 0 unspecified atom stereocenters. The van der Waals surface area contributed by atoms with Gasteiger partial charge in [0.25, 0.3) is 15.7 Å². The van der Waals surface area contributed by atoms with Gasteiger partial charge in [0.1, 0.15) is 5.02 Å². The molecule has 0 saturated heterocycles. The molecule has 0 aliphatic heterocycles. The van der Waals surface area contributed by atoms with Crippen LogP contribution in [0, 0.1) is 10.1 Å². The van der Waals surface area contributed by atoms with Crippen LogP contribution in [0.3, 0.4) is 0 Å². The fraction of sp³-hybridized carbons (Fsp3) is 0. The van der Waals surface area contributed by atoms with Gasteiger partial charge in [-0.15, -0.1) is 0 Å². The van der Waals surface area contributed by atoms with Gasteiger partial charge in [-0.25, -0.2) is 8.42 Å². The maximum Gasteiger partial charge on any atom is 0.289 e. The smallest absolute Gasteiger partial charge is 0.279 e. The first kappa shape index (κ1) is 16.2. The van der Waals surface area contributed by atoms with Crippen LogP contribution < -0.4 is 4.72 Å². The molecule has 0 radical (unpaired) electrons. The van der Waals surface area contributed by atoms with Gasteiger partial charge in [-0.3, -0.25) is 19.8 Å². The lowest BCUT2D eigenvalue weighted by Crippen LogP contribution is -2.13. The maximum atomic E-state index is 12.6. The number of halogens is 1. The van der Waals surface area contributed by atoms with Gasteiger partial charge in [-0.05, 0) is 24.3 Å². The SMILES string of the molecule is O=[N+]([O-])c1cc(NS(=O)(=O)c2cccc3cnccc23)ccc1Cl. The van der Waals surface area contributed by atoms with Gasteiger partial charge in [-0.1, -0.05) is 23.7 Å². The zero-order chi connectivity index (χ0) is 17.3. The Kier molecular flexibility index (Phi) is 4.08. The molecule has 0 saturated carbocycles. The highest BCUT2D eigenvalue weighted by Gasteiger charge is 2.20. The molecule has 122 valence electrons. The van der Waals surface area contributed by atoms with Gasteiger partial charge in [0.05, 0.1) is 15.5 Å². The summed E-state index contributed by atoms with van der Waals surface area (Å²) < 4.78 is 27.6. The van der Waals surface area contributed by atoms with Crippen molar-refractivity contribution in [2.24, 2.45) is 0 Å². The summed E-state index contributed by atoms with van der Waals surface area (Å²) in [6.45, 7) is 0. The van der Waals surface area contributed by atoms with Gasteiger partial charge < -0.3 is 0 Å². The van der Waals surface area contributed by atoms with Gasteiger partial charge in [0.15, 0.2) is 0 Å². The van der Waals surface area contributed by atoms with Crippen LogP contribution in [-0.2, 0) is 10.0 Å². The molecule has 1 N–H and O–H groups in total. The van der Waals surface area contributed by atoms with E-state index in [1.54, 1.807) is 24.4 Å². The van der Waals surface area contributed by atoms with E-state index in [1.165, 1.54) is 24.4 Å². The summed E-state index contributed by atoms with van der Waals surface area (Å²) in [5.74, 6) is 0. The van der Waals surface area contributed by atoms with Crippen molar-refractivity contribution in [2.45, 2.75) is 4.90 Å². The minimum absolute atomic E-state index is 0.0529. The van der Waals surface area contributed by atoms with E-state index in [9.17, 15) is 18.5 Å². The summed E-state index contributed by atoms with van der Waals surface area (Å²) in [7, 11) is -3.94. The number of nitro groups is 1. The molecule has 0 aliphatic carbocycles. The lowest BCUT2D eigenvalue weighted by atomic mass is 10.2. The third-order valence-electron chi connectivity index (χ3n) is 3.33. The Bertz CT molecular complexity index is 1050. The van der Waals surface area contributed by atoms with Crippen LogP contribution in [0.5, 0.6) is 0 Å². The Balaban J connectivity index is 2.06. The fourth-order valence-electron chi connectivity index (χ4n) is 2.25. The van der Waals surface area contributed by atoms with E-state index in [0.717, 1.165) is 6.07 Å². The highest BCUT2D eigenvalue weighted by Crippen LogP contribution is 2.29. The molecule has 0 bridgehead atoms. The number of sulfonamides is 1. The van der Waals surface area contributed by atoms with E-state index in [2.05, 4.69) is 9.71 Å². The van der Waals surface area contributed by atoms with E-state index in [1.807, 2.05) is 0 Å². The number of rotatable bonds is 4. The first-order valence-electron chi connectivity index (χ1n) is 6.68. The maximum absolute atomic E-state index is 12.6. The second-order valence-electron chi connectivity index (χ2n) is 4.88. The van der Waals surface area contributed by atoms with Crippen molar-refractivity contribution in [3.63, 3.8) is 0 Å². The number of anilines is 1. The van der Waals surface area contributed by atoms with Crippen LogP contribution in [0.25, 0.3) is 10.8 Å². The van der Waals surface area contributed by atoms with Crippen molar-refractivity contribution in [2.75, 3.05) is 4.72 Å². The Hall–Kier alpha value is -2.71. The van der Waals surface area contributed by atoms with E-state index < -0.39 is 14.9 Å². The molecule has 0 aliphatic rings. The minimum Gasteiger partial charge on any atom is -0.279 e. The normalized spacial score (nSPS) is 11.4. The van der Waals surface area contributed by atoms with Crippen molar-refractivity contribution in [1.82, 2.24) is 4.98 Å². The quantitative estimate of drug-likeness (QED) is 0.563. The zero-order valence-corrected chi connectivity index (χ0v) is 13.6. The third-order valence-corrected chi connectivity index (χ3v) is 5.08. The number of benzene rings is 2. The predicted molar refractivity (Wildman–Crippen MR) is 90.7 cm³/mol. The molecular weight excluding hydrogens is 354 g/mol. The van der Waals surface area contributed by atoms with Crippen molar-refractivity contribution in [3.8, 4) is 0 Å². The molecule has 24 heavy (non-hydrogen) atoms. The molecule has 0 spiro atoms. The van der Waals surface area contributed by atoms with Crippen molar-refractivity contribution in [1.29, 1.82) is 0 Å². The molecule has 0 amide bonds. The Morgan fingerprint density at radius 3 is 2.71 bits per heavy atom. The molecule has 3 rings (SSSR count). The van der Waals surface area contributed by atoms with Crippen LogP contribution in [0.15, 0.2) is 59.8 Å². The van der Waals surface area contributed by atoms with E-state index in [0.29, 0.717) is 10.8 Å². The van der Waals surface area contributed by atoms with E-state index in [4.69, 9.17) is 11.6 Å². The Morgan fingerprint density at radius 1 is 1.17 bits per heavy atom. The molecule has 9 heteroatoms. The number of nitro benzene ring substituents is 1. The van der Waals surface area contributed by atoms with Crippen LogP contribution in [0.1, 0.15) is 0 Å². The summed E-state index contributed by atoms with van der Waals surface area (Å²) in [6.07, 6.45) is 3.05. The lowest BCUT2D eigenvalue weighted by Gasteiger charge is -2.10. The summed E-state index contributed by atoms with van der Waals surface area (Å²) in [4.78, 5) is 14.3. The van der Waals surface area contributed by atoms with Crippen LogP contribution in [0.2, 0.25) is 5.02 Å². The molecule has 1 heterocycles. The summed E-state index contributed by atoms with van der Waals surface area (Å²) >= 11 is 5.73. The van der Waals surface area contributed by atoms with Crippen LogP contribution >= 0.6 is 11.6 Å². The van der Waals surface area contributed by atoms with Crippen molar-refractivity contribution < 1.29 is 13.3 Å². The van der Waals surface area contributed by atoms with Crippen molar-refractivity contribution >= 4 is 43.8 Å². The van der Waals surface area contributed by atoms with Gasteiger partial charge in [-0.2, -0.15) is 0 Å². The number of nitrogens with one attached hydrogen (secondary N) is 1. The first-order valence-corrected chi connectivity index (χ1v) is 8.54. The molecule has 0 atom stereocenters. The predicted octanol–water partition coefficient (Wildman–Crippen LogP) is 3.60. The molecule has 7 nitrogen and oxygen atoms in total. The third kappa shape index (κ3) is 3.01. The highest BCUT2D eigenvalue weighted by molar-refractivity contribution is 7.93. The Morgan fingerprint density at radius 2 is 1.96 bits per heavy atom. The van der Waals surface area contributed by atoms with E-state index >= 15 is 0 Å². The topological polar surface area (TPSA) is 102 Å². The molecule has 0 fully saturated rings. The summed E-state index contributed by atoms with van der Waals surface area (Å²) in [6, 6.07) is 10.1. The highest BCUT2D eigenvalue weighted by atomic mass is 35.5. The summed E-state index contributed by atoms with van der Waals surface area (Å²) in [5, 5.41) is 12.0. The Labute approximate surface area is 142 Å². The molecule has 3 aromatic rings. The summed E-state index contributed by atoms with van der Waals surface area (Å²) in [5.41, 5.74) is -0.323. The van der Waals surface area contributed by atoms with Gasteiger partial charge >= 0.3 is 0 Å². The second kappa shape index (κ2) is 6.06. The van der Waals surface area contributed by atoms with Gasteiger partial charge in [0.2, 0.25) is 0 Å². The monoisotopic (exact) mass is 363 g/mol. The van der Waals surface area contributed by atoms with Gasteiger partial charge in [0, 0.05) is 29.2 Å². The zero-order valence-electron chi connectivity index (χ0n) is 12.0.